The third kappa shape index (κ3) is 3.96. The van der Waals surface area contributed by atoms with E-state index in [0.717, 1.165) is 24.4 Å². The highest BCUT2D eigenvalue weighted by Gasteiger charge is 2.17. The first-order chi connectivity index (χ1) is 9.36. The summed E-state index contributed by atoms with van der Waals surface area (Å²) in [5, 5.41) is 8.71. The molecule has 1 aromatic carbocycles. The maximum absolute atomic E-state index is 11.5. The minimum absolute atomic E-state index is 0.212. The topological polar surface area (TPSA) is 72.2 Å². The van der Waals surface area contributed by atoms with Crippen LogP contribution in [-0.4, -0.2) is 14.5 Å². The van der Waals surface area contributed by atoms with E-state index in [4.69, 9.17) is 5.14 Å². The molecule has 1 aliphatic carbocycles. The molecule has 0 radical (unpaired) electrons. The van der Waals surface area contributed by atoms with Gasteiger partial charge in [-0.1, -0.05) is 25.8 Å². The fourth-order valence-corrected chi connectivity index (χ4v) is 3.67. The Morgan fingerprint density at radius 3 is 2.65 bits per heavy atom. The van der Waals surface area contributed by atoms with Crippen molar-refractivity contribution in [3.05, 3.63) is 23.8 Å². The number of nitrogens with one attached hydrogen (secondary N) is 1. The Bertz CT molecular complexity index is 569. The molecule has 0 aromatic heterocycles. The molecule has 2 rings (SSSR count). The van der Waals surface area contributed by atoms with E-state index < -0.39 is 10.0 Å². The first-order valence-electron chi connectivity index (χ1n) is 7.26. The van der Waals surface area contributed by atoms with Gasteiger partial charge in [-0.3, -0.25) is 0 Å². The number of rotatable bonds is 3. The van der Waals surface area contributed by atoms with E-state index in [-0.39, 0.29) is 4.90 Å². The SMILES string of the molecule is Cc1ccc(NC2CCCC(C)CC2)cc1S(N)(=O)=O. The highest BCUT2D eigenvalue weighted by molar-refractivity contribution is 7.89. The van der Waals surface area contributed by atoms with Gasteiger partial charge in [0.05, 0.1) is 4.90 Å². The van der Waals surface area contributed by atoms with Gasteiger partial charge in [-0.15, -0.1) is 0 Å². The number of nitrogens with two attached hydrogens (primary N) is 1. The Balaban J connectivity index is 2.14. The van der Waals surface area contributed by atoms with Crippen LogP contribution in [0.5, 0.6) is 0 Å². The monoisotopic (exact) mass is 296 g/mol. The Morgan fingerprint density at radius 1 is 1.20 bits per heavy atom. The highest BCUT2D eigenvalue weighted by atomic mass is 32.2. The summed E-state index contributed by atoms with van der Waals surface area (Å²) in [6, 6.07) is 5.81. The molecule has 1 aliphatic rings. The van der Waals surface area contributed by atoms with Gasteiger partial charge in [0.1, 0.15) is 0 Å². The predicted molar refractivity (Wildman–Crippen MR) is 82.2 cm³/mol. The van der Waals surface area contributed by atoms with Crippen LogP contribution in [-0.2, 0) is 10.0 Å². The van der Waals surface area contributed by atoms with Crippen LogP contribution in [0.15, 0.2) is 23.1 Å². The standard InChI is InChI=1S/C15H24N2O2S/c1-11-4-3-5-13(8-6-11)17-14-9-7-12(2)15(10-14)20(16,18)19/h7,9-11,13,17H,3-6,8H2,1-2H3,(H2,16,18,19). The van der Waals surface area contributed by atoms with Crippen molar-refractivity contribution in [2.75, 3.05) is 5.32 Å². The number of aryl methyl sites for hydroxylation is 1. The van der Waals surface area contributed by atoms with Crippen molar-refractivity contribution in [3.8, 4) is 0 Å². The summed E-state index contributed by atoms with van der Waals surface area (Å²) < 4.78 is 23.1. The molecule has 1 fully saturated rings. The van der Waals surface area contributed by atoms with E-state index in [1.54, 1.807) is 19.1 Å². The number of anilines is 1. The number of benzene rings is 1. The van der Waals surface area contributed by atoms with E-state index >= 15 is 0 Å². The number of sulfonamides is 1. The molecule has 0 aliphatic heterocycles. The number of hydrogen-bond donors (Lipinski definition) is 2. The number of hydrogen-bond acceptors (Lipinski definition) is 3. The first kappa shape index (κ1) is 15.3. The molecule has 3 N–H and O–H groups in total. The second-order valence-corrected chi connectivity index (χ2v) is 7.51. The van der Waals surface area contributed by atoms with Gasteiger partial charge in [0.15, 0.2) is 0 Å². The smallest absolute Gasteiger partial charge is 0.238 e. The summed E-state index contributed by atoms with van der Waals surface area (Å²) in [5.41, 5.74) is 1.53. The van der Waals surface area contributed by atoms with Crippen molar-refractivity contribution in [2.45, 2.75) is 56.9 Å². The Hall–Kier alpha value is -1.07. The van der Waals surface area contributed by atoms with Crippen molar-refractivity contribution in [1.82, 2.24) is 0 Å². The highest BCUT2D eigenvalue weighted by Crippen LogP contribution is 2.26. The molecule has 0 bridgehead atoms. The second-order valence-electron chi connectivity index (χ2n) is 5.98. The van der Waals surface area contributed by atoms with Gasteiger partial charge < -0.3 is 5.32 Å². The van der Waals surface area contributed by atoms with Gasteiger partial charge in [0.25, 0.3) is 0 Å². The van der Waals surface area contributed by atoms with Crippen molar-refractivity contribution in [3.63, 3.8) is 0 Å². The van der Waals surface area contributed by atoms with Gasteiger partial charge in [-0.05, 0) is 49.8 Å². The summed E-state index contributed by atoms with van der Waals surface area (Å²) >= 11 is 0. The summed E-state index contributed by atoms with van der Waals surface area (Å²) in [4.78, 5) is 0.212. The zero-order valence-electron chi connectivity index (χ0n) is 12.2. The Morgan fingerprint density at radius 2 is 1.95 bits per heavy atom. The average molecular weight is 296 g/mol. The predicted octanol–water partition coefficient (Wildman–Crippen LogP) is 3.02. The molecule has 0 amide bonds. The molecule has 0 heterocycles. The second kappa shape index (κ2) is 6.14. The minimum atomic E-state index is -3.65. The maximum atomic E-state index is 11.5. The van der Waals surface area contributed by atoms with E-state index in [0.29, 0.717) is 11.6 Å². The lowest BCUT2D eigenvalue weighted by Gasteiger charge is -2.18. The fraction of sp³-hybridized carbons (Fsp3) is 0.600. The van der Waals surface area contributed by atoms with Crippen LogP contribution in [0.25, 0.3) is 0 Å². The normalized spacial score (nSPS) is 24.1. The summed E-state index contributed by atoms with van der Waals surface area (Å²) in [7, 11) is -3.65. The van der Waals surface area contributed by atoms with Crippen molar-refractivity contribution in [2.24, 2.45) is 11.1 Å². The first-order valence-corrected chi connectivity index (χ1v) is 8.81. The largest absolute Gasteiger partial charge is 0.382 e. The molecule has 4 nitrogen and oxygen atoms in total. The van der Waals surface area contributed by atoms with Crippen molar-refractivity contribution >= 4 is 15.7 Å². The van der Waals surface area contributed by atoms with E-state index in [1.807, 2.05) is 6.07 Å². The maximum Gasteiger partial charge on any atom is 0.238 e. The zero-order chi connectivity index (χ0) is 14.8. The van der Waals surface area contributed by atoms with Crippen LogP contribution < -0.4 is 10.5 Å². The molecule has 2 atom stereocenters. The van der Waals surface area contributed by atoms with Gasteiger partial charge >= 0.3 is 0 Å². The Labute approximate surface area is 121 Å². The Kier molecular flexibility index (Phi) is 4.70. The molecule has 0 saturated heterocycles. The van der Waals surface area contributed by atoms with Gasteiger partial charge in [0.2, 0.25) is 10.0 Å². The van der Waals surface area contributed by atoms with Crippen LogP contribution in [0.2, 0.25) is 0 Å². The third-order valence-corrected chi connectivity index (χ3v) is 5.18. The quantitative estimate of drug-likeness (QED) is 0.842. The number of primary sulfonamides is 1. The minimum Gasteiger partial charge on any atom is -0.382 e. The molecule has 1 aromatic rings. The molecule has 112 valence electrons. The lowest BCUT2D eigenvalue weighted by atomic mass is 10.0. The molecule has 0 spiro atoms. The lowest BCUT2D eigenvalue weighted by Crippen LogP contribution is -2.19. The molecule has 1 saturated carbocycles. The van der Waals surface area contributed by atoms with Crippen LogP contribution in [0.1, 0.15) is 44.6 Å². The molecular formula is C15H24N2O2S. The van der Waals surface area contributed by atoms with Gasteiger partial charge in [0, 0.05) is 11.7 Å². The van der Waals surface area contributed by atoms with Gasteiger partial charge in [-0.25, -0.2) is 13.6 Å². The van der Waals surface area contributed by atoms with Crippen LogP contribution in [0.4, 0.5) is 5.69 Å². The van der Waals surface area contributed by atoms with Crippen LogP contribution in [0, 0.1) is 12.8 Å². The van der Waals surface area contributed by atoms with E-state index in [1.165, 1.54) is 19.3 Å². The molecule has 20 heavy (non-hydrogen) atoms. The zero-order valence-corrected chi connectivity index (χ0v) is 13.0. The summed E-state index contributed by atoms with van der Waals surface area (Å²) in [6.45, 7) is 4.06. The van der Waals surface area contributed by atoms with Gasteiger partial charge in [-0.2, -0.15) is 0 Å². The summed E-state index contributed by atoms with van der Waals surface area (Å²) in [6.07, 6.45) is 6.02. The van der Waals surface area contributed by atoms with Crippen molar-refractivity contribution < 1.29 is 8.42 Å². The molecule has 5 heteroatoms. The van der Waals surface area contributed by atoms with Crippen LogP contribution >= 0.6 is 0 Å². The van der Waals surface area contributed by atoms with E-state index in [2.05, 4.69) is 12.2 Å². The lowest BCUT2D eigenvalue weighted by molar-refractivity contribution is 0.502. The molecular weight excluding hydrogens is 272 g/mol. The van der Waals surface area contributed by atoms with Crippen molar-refractivity contribution in [1.29, 1.82) is 0 Å². The fourth-order valence-electron chi connectivity index (χ4n) is 2.86. The molecule has 2 unspecified atom stereocenters. The summed E-state index contributed by atoms with van der Waals surface area (Å²) in [5.74, 6) is 0.791. The van der Waals surface area contributed by atoms with E-state index in [9.17, 15) is 8.42 Å². The third-order valence-electron chi connectivity index (χ3n) is 4.12. The van der Waals surface area contributed by atoms with Crippen LogP contribution in [0.3, 0.4) is 0 Å². The average Bonchev–Trinajstić information content (AvgIpc) is 2.55.